The molecule has 76 valence electrons. The normalized spacial score (nSPS) is 9.93. The van der Waals surface area contributed by atoms with Crippen molar-refractivity contribution in [2.24, 2.45) is 5.73 Å². The number of hydrogen-bond acceptors (Lipinski definition) is 4. The van der Waals surface area contributed by atoms with E-state index in [0.29, 0.717) is 10.6 Å². The minimum atomic E-state index is -0.516. The highest BCUT2D eigenvalue weighted by atomic mass is 35.5. The second kappa shape index (κ2) is 4.26. The summed E-state index contributed by atoms with van der Waals surface area (Å²) in [6, 6.07) is 2.60. The van der Waals surface area contributed by atoms with Crippen LogP contribution in [0, 0.1) is 10.1 Å². The van der Waals surface area contributed by atoms with Crippen molar-refractivity contribution in [3.63, 3.8) is 0 Å². The van der Waals surface area contributed by atoms with Crippen molar-refractivity contribution >= 4 is 17.3 Å². The molecule has 0 spiro atoms. The maximum Gasteiger partial charge on any atom is 0.273 e. The molecule has 0 fully saturated rings. The molecule has 14 heavy (non-hydrogen) atoms. The van der Waals surface area contributed by atoms with Crippen molar-refractivity contribution in [3.05, 3.63) is 32.8 Å². The summed E-state index contributed by atoms with van der Waals surface area (Å²) < 4.78 is 4.89. The summed E-state index contributed by atoms with van der Waals surface area (Å²) in [7, 11) is 1.39. The molecule has 0 aliphatic rings. The summed E-state index contributed by atoms with van der Waals surface area (Å²) in [4.78, 5) is 10.00. The van der Waals surface area contributed by atoms with Crippen molar-refractivity contribution in [1.29, 1.82) is 0 Å². The van der Waals surface area contributed by atoms with E-state index in [0.717, 1.165) is 0 Å². The molecular weight excluding hydrogens is 208 g/mol. The van der Waals surface area contributed by atoms with Gasteiger partial charge < -0.3 is 10.5 Å². The smallest absolute Gasteiger partial charge is 0.273 e. The summed E-state index contributed by atoms with van der Waals surface area (Å²) in [5, 5.41) is 10.8. The van der Waals surface area contributed by atoms with Gasteiger partial charge in [-0.25, -0.2) is 0 Å². The van der Waals surface area contributed by atoms with E-state index in [9.17, 15) is 10.1 Å². The lowest BCUT2D eigenvalue weighted by Crippen LogP contribution is -2.00. The fourth-order valence-electron chi connectivity index (χ4n) is 1.04. The summed E-state index contributed by atoms with van der Waals surface area (Å²) in [5.41, 5.74) is 5.80. The molecule has 0 bridgehead atoms. The standard InChI is InChI=1S/C8H9ClN2O3/c1-14-7-3-6(11(12)13)2-5(4-10)8(7)9/h2-3H,4,10H2,1H3. The van der Waals surface area contributed by atoms with Gasteiger partial charge in [0.25, 0.3) is 5.69 Å². The SMILES string of the molecule is COc1cc([N+](=O)[O-])cc(CN)c1Cl. The summed E-state index contributed by atoms with van der Waals surface area (Å²) in [5.74, 6) is 0.265. The molecule has 0 atom stereocenters. The Morgan fingerprint density at radius 2 is 2.29 bits per heavy atom. The number of nitrogens with two attached hydrogens (primary N) is 1. The van der Waals surface area contributed by atoms with E-state index in [1.807, 2.05) is 0 Å². The van der Waals surface area contributed by atoms with Gasteiger partial charge in [0.15, 0.2) is 0 Å². The van der Waals surface area contributed by atoms with Gasteiger partial charge in [-0.2, -0.15) is 0 Å². The average Bonchev–Trinajstić information content (AvgIpc) is 2.17. The monoisotopic (exact) mass is 216 g/mol. The van der Waals surface area contributed by atoms with Crippen LogP contribution in [0.25, 0.3) is 0 Å². The van der Waals surface area contributed by atoms with Gasteiger partial charge in [-0.15, -0.1) is 0 Å². The molecule has 5 nitrogen and oxygen atoms in total. The summed E-state index contributed by atoms with van der Waals surface area (Å²) in [6.45, 7) is 0.136. The number of ether oxygens (including phenoxy) is 1. The van der Waals surface area contributed by atoms with Gasteiger partial charge in [0.05, 0.1) is 23.1 Å². The van der Waals surface area contributed by atoms with Crippen LogP contribution in [0.4, 0.5) is 5.69 Å². The highest BCUT2D eigenvalue weighted by Crippen LogP contribution is 2.32. The number of benzene rings is 1. The highest BCUT2D eigenvalue weighted by Gasteiger charge is 2.14. The number of nitrogens with zero attached hydrogens (tertiary/aromatic N) is 1. The lowest BCUT2D eigenvalue weighted by atomic mass is 10.2. The number of non-ortho nitro benzene ring substituents is 1. The number of halogens is 1. The molecule has 1 rings (SSSR count). The molecule has 0 aliphatic heterocycles. The molecule has 0 radical (unpaired) electrons. The van der Waals surface area contributed by atoms with Crippen molar-refractivity contribution in [1.82, 2.24) is 0 Å². The van der Waals surface area contributed by atoms with E-state index >= 15 is 0 Å². The molecule has 0 heterocycles. The maximum absolute atomic E-state index is 10.5. The Bertz CT molecular complexity index is 343. The Morgan fingerprint density at radius 1 is 1.64 bits per heavy atom. The van der Waals surface area contributed by atoms with Crippen LogP contribution in [0.3, 0.4) is 0 Å². The third-order valence-electron chi connectivity index (χ3n) is 1.75. The van der Waals surface area contributed by atoms with Crippen molar-refractivity contribution in [2.45, 2.75) is 6.54 Å². The van der Waals surface area contributed by atoms with Crippen LogP contribution in [-0.4, -0.2) is 12.0 Å². The van der Waals surface area contributed by atoms with Gasteiger partial charge in [0, 0.05) is 12.6 Å². The first kappa shape index (κ1) is 10.7. The first-order chi connectivity index (χ1) is 6.60. The lowest BCUT2D eigenvalue weighted by molar-refractivity contribution is -0.385. The van der Waals surface area contributed by atoms with Crippen LogP contribution >= 0.6 is 11.6 Å². The average molecular weight is 217 g/mol. The third kappa shape index (κ3) is 1.94. The minimum absolute atomic E-state index is 0.0771. The number of rotatable bonds is 3. The van der Waals surface area contributed by atoms with E-state index in [4.69, 9.17) is 22.1 Å². The second-order valence-corrected chi connectivity index (χ2v) is 2.96. The first-order valence-electron chi connectivity index (χ1n) is 3.81. The second-order valence-electron chi connectivity index (χ2n) is 2.58. The largest absolute Gasteiger partial charge is 0.495 e. The fraction of sp³-hybridized carbons (Fsp3) is 0.250. The zero-order valence-corrected chi connectivity index (χ0v) is 8.25. The van der Waals surface area contributed by atoms with Crippen molar-refractivity contribution < 1.29 is 9.66 Å². The number of methoxy groups -OCH3 is 1. The van der Waals surface area contributed by atoms with Gasteiger partial charge in [-0.1, -0.05) is 11.6 Å². The zero-order chi connectivity index (χ0) is 10.7. The quantitative estimate of drug-likeness (QED) is 0.616. The van der Waals surface area contributed by atoms with Crippen LogP contribution in [0.2, 0.25) is 5.02 Å². The summed E-state index contributed by atoms with van der Waals surface area (Å²) >= 11 is 5.86. The molecule has 0 unspecified atom stereocenters. The van der Waals surface area contributed by atoms with Gasteiger partial charge in [0.1, 0.15) is 5.75 Å². The molecular formula is C8H9ClN2O3. The Labute approximate surface area is 85.6 Å². The molecule has 0 aliphatic carbocycles. The van der Waals surface area contributed by atoms with E-state index in [-0.39, 0.29) is 18.0 Å². The minimum Gasteiger partial charge on any atom is -0.495 e. The molecule has 0 saturated heterocycles. The highest BCUT2D eigenvalue weighted by molar-refractivity contribution is 6.32. The number of nitro benzene ring substituents is 1. The Morgan fingerprint density at radius 3 is 2.71 bits per heavy atom. The van der Waals surface area contributed by atoms with Crippen LogP contribution in [0.1, 0.15) is 5.56 Å². The Kier molecular flexibility index (Phi) is 3.27. The van der Waals surface area contributed by atoms with E-state index in [1.54, 1.807) is 0 Å². The van der Waals surface area contributed by atoms with Crippen molar-refractivity contribution in [2.75, 3.05) is 7.11 Å². The van der Waals surface area contributed by atoms with Gasteiger partial charge in [-0.05, 0) is 5.56 Å². The molecule has 2 N–H and O–H groups in total. The van der Waals surface area contributed by atoms with Gasteiger partial charge in [-0.3, -0.25) is 10.1 Å². The van der Waals surface area contributed by atoms with Crippen LogP contribution < -0.4 is 10.5 Å². The van der Waals surface area contributed by atoms with E-state index in [1.165, 1.54) is 19.2 Å². The zero-order valence-electron chi connectivity index (χ0n) is 7.49. The van der Waals surface area contributed by atoms with E-state index in [2.05, 4.69) is 0 Å². The summed E-state index contributed by atoms with van der Waals surface area (Å²) in [6.07, 6.45) is 0. The molecule has 1 aromatic carbocycles. The molecule has 0 amide bonds. The molecule has 0 aromatic heterocycles. The van der Waals surface area contributed by atoms with Gasteiger partial charge >= 0.3 is 0 Å². The number of nitro groups is 1. The molecule has 6 heteroatoms. The number of hydrogen-bond donors (Lipinski definition) is 1. The molecule has 0 saturated carbocycles. The third-order valence-corrected chi connectivity index (χ3v) is 2.18. The first-order valence-corrected chi connectivity index (χ1v) is 4.18. The van der Waals surface area contributed by atoms with E-state index < -0.39 is 4.92 Å². The Hall–Kier alpha value is -1.33. The predicted molar refractivity (Wildman–Crippen MR) is 52.5 cm³/mol. The predicted octanol–water partition coefficient (Wildman–Crippen LogP) is 1.72. The van der Waals surface area contributed by atoms with Crippen LogP contribution in [-0.2, 0) is 6.54 Å². The van der Waals surface area contributed by atoms with Crippen LogP contribution in [0.15, 0.2) is 12.1 Å². The molecule has 1 aromatic rings. The maximum atomic E-state index is 10.5. The van der Waals surface area contributed by atoms with Gasteiger partial charge in [0.2, 0.25) is 0 Å². The topological polar surface area (TPSA) is 78.4 Å². The lowest BCUT2D eigenvalue weighted by Gasteiger charge is -2.06. The Balaban J connectivity index is 3.32. The van der Waals surface area contributed by atoms with Crippen LogP contribution in [0.5, 0.6) is 5.75 Å². The fourth-order valence-corrected chi connectivity index (χ4v) is 1.31. The van der Waals surface area contributed by atoms with Crippen molar-refractivity contribution in [3.8, 4) is 5.75 Å².